The van der Waals surface area contributed by atoms with Crippen molar-refractivity contribution in [1.82, 2.24) is 9.80 Å². The molecule has 0 aromatic rings. The van der Waals surface area contributed by atoms with Crippen LogP contribution < -0.4 is 0 Å². The highest BCUT2D eigenvalue weighted by Crippen LogP contribution is 2.34. The molecule has 192 valence electrons. The third-order valence-electron chi connectivity index (χ3n) is 5.81. The number of aliphatic hydroxyl groups excluding tert-OH is 12. The molecule has 0 aliphatic rings. The van der Waals surface area contributed by atoms with E-state index in [2.05, 4.69) is 0 Å². The lowest BCUT2D eigenvalue weighted by atomic mass is 9.87. The van der Waals surface area contributed by atoms with Crippen LogP contribution in [0.2, 0.25) is 0 Å². The molecule has 0 aliphatic heterocycles. The maximum absolute atomic E-state index is 13.9. The first kappa shape index (κ1) is 30.8. The van der Waals surface area contributed by atoms with E-state index < -0.39 is 107 Å². The largest absolute Gasteiger partial charge is 0.394 e. The van der Waals surface area contributed by atoms with Gasteiger partial charge in [-0.3, -0.25) is 9.80 Å². The van der Waals surface area contributed by atoms with Crippen molar-refractivity contribution >= 4 is 6.03 Å². The number of carbonyl (C=O) groups excluding carboxylic acids is 1. The number of amides is 2. The molecule has 0 spiro atoms. The van der Waals surface area contributed by atoms with Gasteiger partial charge in [-0.2, -0.15) is 0 Å². The highest BCUT2D eigenvalue weighted by molar-refractivity contribution is 5.79. The molecule has 0 fully saturated rings. The van der Waals surface area contributed by atoms with E-state index in [9.17, 15) is 66.1 Å². The minimum atomic E-state index is -2.40. The van der Waals surface area contributed by atoms with Crippen molar-refractivity contribution in [2.24, 2.45) is 0 Å². The standard InChI is InChI=1S/C17H36N2O13/c20-1-14(2-21,3-22)18(15(4-23,5-24)6-25)13(32)19(16(7-26,8-27)9-28)17(10-29,11-30)12-31/h20-31H,1-12H2. The van der Waals surface area contributed by atoms with E-state index in [1.54, 1.807) is 0 Å². The predicted molar refractivity (Wildman–Crippen MR) is 105 cm³/mol. The summed E-state index contributed by atoms with van der Waals surface area (Å²) in [5, 5.41) is 119. The quantitative estimate of drug-likeness (QED) is 0.0988. The van der Waals surface area contributed by atoms with Gasteiger partial charge in [-0.15, -0.1) is 0 Å². The molecular formula is C17H36N2O13. The van der Waals surface area contributed by atoms with Gasteiger partial charge in [0.2, 0.25) is 0 Å². The van der Waals surface area contributed by atoms with Gasteiger partial charge in [0.25, 0.3) is 0 Å². The molecular weight excluding hydrogens is 440 g/mol. The molecule has 32 heavy (non-hydrogen) atoms. The lowest BCUT2D eigenvalue weighted by molar-refractivity contribution is -0.158. The maximum Gasteiger partial charge on any atom is 0.322 e. The van der Waals surface area contributed by atoms with Gasteiger partial charge >= 0.3 is 6.03 Å². The molecule has 0 unspecified atom stereocenters. The van der Waals surface area contributed by atoms with Crippen molar-refractivity contribution < 1.29 is 66.1 Å². The Morgan fingerprint density at radius 2 is 0.500 bits per heavy atom. The lowest BCUT2D eigenvalue weighted by Crippen LogP contribution is -2.80. The molecule has 0 heterocycles. The highest BCUT2D eigenvalue weighted by atomic mass is 16.3. The molecule has 0 saturated carbocycles. The Morgan fingerprint density at radius 1 is 0.375 bits per heavy atom. The minimum Gasteiger partial charge on any atom is -0.394 e. The lowest BCUT2D eigenvalue weighted by Gasteiger charge is -2.57. The molecule has 0 radical (unpaired) electrons. The normalized spacial score (nSPS) is 13.4. The Morgan fingerprint density at radius 3 is 0.594 bits per heavy atom. The molecule has 0 aromatic carbocycles. The van der Waals surface area contributed by atoms with Crippen LogP contribution in [0.15, 0.2) is 0 Å². The van der Waals surface area contributed by atoms with Crippen LogP contribution in [0.3, 0.4) is 0 Å². The number of hydrogen-bond acceptors (Lipinski definition) is 13. The van der Waals surface area contributed by atoms with Gasteiger partial charge in [0.05, 0.1) is 79.3 Å². The minimum absolute atomic E-state index is 0.283. The van der Waals surface area contributed by atoms with E-state index >= 15 is 0 Å². The first-order valence-corrected chi connectivity index (χ1v) is 9.58. The first-order chi connectivity index (χ1) is 15.1. The zero-order valence-electron chi connectivity index (χ0n) is 17.7. The molecule has 15 nitrogen and oxygen atoms in total. The van der Waals surface area contributed by atoms with Crippen molar-refractivity contribution in [3.63, 3.8) is 0 Å². The van der Waals surface area contributed by atoms with Crippen molar-refractivity contribution in [3.05, 3.63) is 0 Å². The number of urea groups is 1. The van der Waals surface area contributed by atoms with E-state index in [1.165, 1.54) is 0 Å². The molecule has 0 bridgehead atoms. The molecule has 0 saturated heterocycles. The third-order valence-corrected chi connectivity index (χ3v) is 5.81. The highest BCUT2D eigenvalue weighted by Gasteiger charge is 2.58. The Hall–Kier alpha value is -1.21. The fourth-order valence-corrected chi connectivity index (χ4v) is 3.37. The maximum atomic E-state index is 13.9. The van der Waals surface area contributed by atoms with Crippen LogP contribution in [0.4, 0.5) is 4.79 Å². The summed E-state index contributed by atoms with van der Waals surface area (Å²) >= 11 is 0. The predicted octanol–water partition coefficient (Wildman–Crippen LogP) is -7.43. The molecule has 0 aromatic heterocycles. The zero-order valence-corrected chi connectivity index (χ0v) is 17.7. The van der Waals surface area contributed by atoms with Crippen molar-refractivity contribution in [1.29, 1.82) is 0 Å². The molecule has 0 aliphatic carbocycles. The first-order valence-electron chi connectivity index (χ1n) is 9.58. The van der Waals surface area contributed by atoms with Gasteiger partial charge < -0.3 is 61.3 Å². The van der Waals surface area contributed by atoms with Gasteiger partial charge in [-0.25, -0.2) is 4.79 Å². The van der Waals surface area contributed by atoms with E-state index in [1.807, 2.05) is 0 Å². The summed E-state index contributed by atoms with van der Waals surface area (Å²) in [6, 6.07) is -1.60. The molecule has 0 atom stereocenters. The summed E-state index contributed by atoms with van der Waals surface area (Å²) in [6.07, 6.45) is 0. The molecule has 0 rings (SSSR count). The monoisotopic (exact) mass is 476 g/mol. The summed E-state index contributed by atoms with van der Waals surface area (Å²) in [4.78, 5) is 14.4. The van der Waals surface area contributed by atoms with E-state index in [0.29, 0.717) is 0 Å². The summed E-state index contributed by atoms with van der Waals surface area (Å²) in [5.74, 6) is 0. The Balaban J connectivity index is 7.42. The summed E-state index contributed by atoms with van der Waals surface area (Å²) < 4.78 is 0. The van der Waals surface area contributed by atoms with Crippen molar-refractivity contribution in [3.8, 4) is 0 Å². The number of carbonyl (C=O) groups is 1. The van der Waals surface area contributed by atoms with Gasteiger partial charge in [-0.1, -0.05) is 0 Å². The average Bonchev–Trinajstić information content (AvgIpc) is 2.86. The van der Waals surface area contributed by atoms with Crippen molar-refractivity contribution in [2.75, 3.05) is 79.3 Å². The van der Waals surface area contributed by atoms with Gasteiger partial charge in [0, 0.05) is 0 Å². The topological polar surface area (TPSA) is 266 Å². The van der Waals surface area contributed by atoms with Crippen LogP contribution in [0, 0.1) is 0 Å². The smallest absolute Gasteiger partial charge is 0.322 e. The summed E-state index contributed by atoms with van der Waals surface area (Å²) in [6.45, 7) is -14.4. The summed E-state index contributed by atoms with van der Waals surface area (Å²) in [5.41, 5.74) is -9.60. The second-order valence-corrected chi connectivity index (χ2v) is 7.75. The molecule has 12 N–H and O–H groups in total. The fourth-order valence-electron chi connectivity index (χ4n) is 3.37. The second kappa shape index (κ2) is 12.9. The second-order valence-electron chi connectivity index (χ2n) is 7.75. The van der Waals surface area contributed by atoms with Crippen molar-refractivity contribution in [2.45, 2.75) is 22.2 Å². The summed E-state index contributed by atoms with van der Waals surface area (Å²) in [7, 11) is 0. The van der Waals surface area contributed by atoms with Crippen LogP contribution in [0.1, 0.15) is 0 Å². The number of hydrogen-bond donors (Lipinski definition) is 12. The third kappa shape index (κ3) is 4.98. The Labute approximate surface area is 184 Å². The Bertz CT molecular complexity index is 430. The van der Waals surface area contributed by atoms with Crippen LogP contribution in [-0.4, -0.2) is 179 Å². The van der Waals surface area contributed by atoms with Crippen LogP contribution in [0.25, 0.3) is 0 Å². The number of rotatable bonds is 16. The van der Waals surface area contributed by atoms with E-state index in [0.717, 1.165) is 0 Å². The molecule has 15 heteroatoms. The van der Waals surface area contributed by atoms with E-state index in [4.69, 9.17) is 0 Å². The van der Waals surface area contributed by atoms with E-state index in [-0.39, 0.29) is 9.80 Å². The van der Waals surface area contributed by atoms with Gasteiger partial charge in [0.15, 0.2) is 0 Å². The van der Waals surface area contributed by atoms with Gasteiger partial charge in [-0.05, 0) is 0 Å². The van der Waals surface area contributed by atoms with Crippen LogP contribution >= 0.6 is 0 Å². The fraction of sp³-hybridized carbons (Fsp3) is 0.941. The number of nitrogens with zero attached hydrogens (tertiary/aromatic N) is 2. The number of aliphatic hydroxyl groups is 12. The van der Waals surface area contributed by atoms with Crippen LogP contribution in [0.5, 0.6) is 0 Å². The zero-order chi connectivity index (χ0) is 25.2. The van der Waals surface area contributed by atoms with Gasteiger partial charge in [0.1, 0.15) is 22.2 Å². The molecule has 2 amide bonds. The Kier molecular flexibility index (Phi) is 12.4. The van der Waals surface area contributed by atoms with Crippen LogP contribution in [-0.2, 0) is 0 Å². The SMILES string of the molecule is O=C(N(C(CO)(CO)CO)C(CO)(CO)CO)N(C(CO)(CO)CO)C(CO)(CO)CO. The average molecular weight is 476 g/mol.